The molecule has 0 aromatic carbocycles. The van der Waals surface area contributed by atoms with E-state index in [1.165, 1.54) is 0 Å². The lowest BCUT2D eigenvalue weighted by molar-refractivity contribution is -0.164. The third kappa shape index (κ3) is 2.58. The molecule has 3 nitrogen and oxygen atoms in total. The Morgan fingerprint density at radius 2 is 2.50 bits per heavy atom. The lowest BCUT2D eigenvalue weighted by Crippen LogP contribution is -2.40. The molecule has 14 heavy (non-hydrogen) atoms. The van der Waals surface area contributed by atoms with E-state index < -0.39 is 5.41 Å². The van der Waals surface area contributed by atoms with E-state index in [4.69, 9.17) is 9.47 Å². The van der Waals surface area contributed by atoms with Crippen molar-refractivity contribution in [3.05, 3.63) is 12.7 Å². The van der Waals surface area contributed by atoms with Gasteiger partial charge in [0.25, 0.3) is 0 Å². The summed E-state index contributed by atoms with van der Waals surface area (Å²) in [6.45, 7) is 8.16. The first-order valence-corrected chi connectivity index (χ1v) is 4.98. The second-order valence-electron chi connectivity index (χ2n) is 4.11. The highest BCUT2D eigenvalue weighted by Crippen LogP contribution is 2.31. The Bertz CT molecular complexity index is 215. The Balaban J connectivity index is 2.48. The van der Waals surface area contributed by atoms with E-state index in [0.717, 1.165) is 12.8 Å². The average Bonchev–Trinajstić information content (AvgIpc) is 2.19. The summed E-state index contributed by atoms with van der Waals surface area (Å²) in [5.41, 5.74) is -0.463. The first-order valence-electron chi connectivity index (χ1n) is 4.98. The lowest BCUT2D eigenvalue weighted by atomic mass is 9.83. The van der Waals surface area contributed by atoms with Gasteiger partial charge in [-0.3, -0.25) is 4.79 Å². The van der Waals surface area contributed by atoms with Crippen molar-refractivity contribution in [3.8, 4) is 0 Å². The van der Waals surface area contributed by atoms with Crippen LogP contribution in [0.25, 0.3) is 0 Å². The summed E-state index contributed by atoms with van der Waals surface area (Å²) in [5.74, 6) is -0.177. The normalized spacial score (nSPS) is 32.3. The molecule has 1 rings (SSSR count). The molecule has 1 aliphatic rings. The quantitative estimate of drug-likeness (QED) is 0.513. The Morgan fingerprint density at radius 3 is 3.00 bits per heavy atom. The number of carbonyl (C=O) groups excluding carboxylic acids is 1. The van der Waals surface area contributed by atoms with Gasteiger partial charge >= 0.3 is 5.97 Å². The van der Waals surface area contributed by atoms with Crippen LogP contribution in [0.15, 0.2) is 12.7 Å². The van der Waals surface area contributed by atoms with E-state index >= 15 is 0 Å². The third-order valence-corrected chi connectivity index (χ3v) is 2.61. The van der Waals surface area contributed by atoms with Crippen LogP contribution in [0.3, 0.4) is 0 Å². The van der Waals surface area contributed by atoms with Crippen LogP contribution in [0.2, 0.25) is 0 Å². The van der Waals surface area contributed by atoms with Gasteiger partial charge in [0, 0.05) is 0 Å². The molecule has 2 unspecified atom stereocenters. The molecule has 0 aromatic rings. The molecule has 0 N–H and O–H groups in total. The molecular formula is C11H18O3. The van der Waals surface area contributed by atoms with Gasteiger partial charge in [-0.25, -0.2) is 0 Å². The second-order valence-corrected chi connectivity index (χ2v) is 4.11. The van der Waals surface area contributed by atoms with E-state index in [9.17, 15) is 4.79 Å². The summed E-state index contributed by atoms with van der Waals surface area (Å²) in [4.78, 5) is 11.6. The maximum Gasteiger partial charge on any atom is 0.314 e. The topological polar surface area (TPSA) is 35.5 Å². The van der Waals surface area contributed by atoms with E-state index in [1.807, 2.05) is 13.8 Å². The summed E-state index contributed by atoms with van der Waals surface area (Å²) < 4.78 is 10.5. The van der Waals surface area contributed by atoms with Gasteiger partial charge < -0.3 is 9.47 Å². The molecule has 0 bridgehead atoms. The van der Waals surface area contributed by atoms with Crippen molar-refractivity contribution in [3.63, 3.8) is 0 Å². The first-order chi connectivity index (χ1) is 6.58. The zero-order valence-corrected chi connectivity index (χ0v) is 8.91. The molecule has 0 aromatic heterocycles. The Labute approximate surface area is 85.1 Å². The van der Waals surface area contributed by atoms with E-state index in [1.54, 1.807) is 6.08 Å². The zero-order valence-electron chi connectivity index (χ0n) is 8.91. The van der Waals surface area contributed by atoms with E-state index in [0.29, 0.717) is 6.61 Å². The van der Waals surface area contributed by atoms with Crippen LogP contribution in [-0.4, -0.2) is 25.3 Å². The second kappa shape index (κ2) is 4.60. The fourth-order valence-electron chi connectivity index (χ4n) is 1.47. The first kappa shape index (κ1) is 11.2. The number of rotatable bonds is 3. The fourth-order valence-corrected chi connectivity index (χ4v) is 1.47. The summed E-state index contributed by atoms with van der Waals surface area (Å²) in [6.07, 6.45) is 3.59. The van der Waals surface area contributed by atoms with Crippen molar-refractivity contribution in [2.75, 3.05) is 13.2 Å². The standard InChI is InChI=1S/C11H18O3/c1-4-7-13-10(12)11(3)6-5-9(2)14-8-11/h4,9H,1,5-8H2,2-3H3. The van der Waals surface area contributed by atoms with Gasteiger partial charge in [-0.15, -0.1) is 0 Å². The van der Waals surface area contributed by atoms with Crippen LogP contribution < -0.4 is 0 Å². The van der Waals surface area contributed by atoms with Crippen LogP contribution in [0.1, 0.15) is 26.7 Å². The molecule has 2 atom stereocenters. The van der Waals surface area contributed by atoms with Gasteiger partial charge in [0.15, 0.2) is 0 Å². The molecule has 1 fully saturated rings. The number of hydrogen-bond acceptors (Lipinski definition) is 3. The minimum atomic E-state index is -0.463. The van der Waals surface area contributed by atoms with Gasteiger partial charge in [0.1, 0.15) is 6.61 Å². The van der Waals surface area contributed by atoms with E-state index in [-0.39, 0.29) is 18.7 Å². The highest BCUT2D eigenvalue weighted by Gasteiger charge is 2.38. The van der Waals surface area contributed by atoms with Crippen molar-refractivity contribution < 1.29 is 14.3 Å². The fraction of sp³-hybridized carbons (Fsp3) is 0.727. The van der Waals surface area contributed by atoms with Crippen molar-refractivity contribution >= 4 is 5.97 Å². The molecule has 1 aliphatic heterocycles. The highest BCUT2D eigenvalue weighted by molar-refractivity contribution is 5.76. The molecular weight excluding hydrogens is 180 g/mol. The number of hydrogen-bond donors (Lipinski definition) is 0. The van der Waals surface area contributed by atoms with Gasteiger partial charge in [-0.2, -0.15) is 0 Å². The number of ether oxygens (including phenoxy) is 2. The predicted octanol–water partition coefficient (Wildman–Crippen LogP) is 1.92. The maximum atomic E-state index is 11.6. The molecule has 80 valence electrons. The molecule has 0 spiro atoms. The van der Waals surface area contributed by atoms with Crippen molar-refractivity contribution in [2.45, 2.75) is 32.8 Å². The summed E-state index contributed by atoms with van der Waals surface area (Å²) in [7, 11) is 0. The minimum Gasteiger partial charge on any atom is -0.461 e. The third-order valence-electron chi connectivity index (χ3n) is 2.61. The summed E-state index contributed by atoms with van der Waals surface area (Å²) in [6, 6.07) is 0. The molecule has 0 radical (unpaired) electrons. The number of esters is 1. The van der Waals surface area contributed by atoms with Crippen LogP contribution in [0.5, 0.6) is 0 Å². The molecule has 1 heterocycles. The monoisotopic (exact) mass is 198 g/mol. The van der Waals surface area contributed by atoms with Crippen LogP contribution in [0.4, 0.5) is 0 Å². The van der Waals surface area contributed by atoms with Crippen molar-refractivity contribution in [2.24, 2.45) is 5.41 Å². The predicted molar refractivity (Wildman–Crippen MR) is 53.9 cm³/mol. The Kier molecular flexibility index (Phi) is 3.69. The highest BCUT2D eigenvalue weighted by atomic mass is 16.5. The van der Waals surface area contributed by atoms with Gasteiger partial charge in [-0.1, -0.05) is 12.7 Å². The minimum absolute atomic E-state index is 0.177. The Morgan fingerprint density at radius 1 is 1.79 bits per heavy atom. The van der Waals surface area contributed by atoms with Crippen LogP contribution in [-0.2, 0) is 14.3 Å². The molecule has 0 aliphatic carbocycles. The molecule has 1 saturated heterocycles. The van der Waals surface area contributed by atoms with Crippen molar-refractivity contribution in [1.82, 2.24) is 0 Å². The van der Waals surface area contributed by atoms with Crippen LogP contribution in [0, 0.1) is 5.41 Å². The van der Waals surface area contributed by atoms with Gasteiger partial charge in [0.05, 0.1) is 18.1 Å². The zero-order chi connectivity index (χ0) is 10.6. The molecule has 0 saturated carbocycles. The summed E-state index contributed by atoms with van der Waals surface area (Å²) in [5, 5.41) is 0. The average molecular weight is 198 g/mol. The van der Waals surface area contributed by atoms with Gasteiger partial charge in [-0.05, 0) is 26.7 Å². The maximum absolute atomic E-state index is 11.6. The summed E-state index contributed by atoms with van der Waals surface area (Å²) >= 11 is 0. The Hall–Kier alpha value is -0.830. The lowest BCUT2D eigenvalue weighted by Gasteiger charge is -2.33. The van der Waals surface area contributed by atoms with Crippen LogP contribution >= 0.6 is 0 Å². The van der Waals surface area contributed by atoms with Crippen molar-refractivity contribution in [1.29, 1.82) is 0 Å². The molecule has 3 heteroatoms. The SMILES string of the molecule is C=CCOC(=O)C1(C)CCC(C)OC1. The van der Waals surface area contributed by atoms with Gasteiger partial charge in [0.2, 0.25) is 0 Å². The largest absolute Gasteiger partial charge is 0.461 e. The smallest absolute Gasteiger partial charge is 0.314 e. The molecule has 0 amide bonds. The van der Waals surface area contributed by atoms with E-state index in [2.05, 4.69) is 6.58 Å². The number of carbonyl (C=O) groups is 1.